The Hall–Kier alpha value is -2.67. The van der Waals surface area contributed by atoms with Gasteiger partial charge in [0, 0.05) is 38.4 Å². The number of pyridine rings is 1. The van der Waals surface area contributed by atoms with E-state index in [0.29, 0.717) is 13.1 Å². The van der Waals surface area contributed by atoms with Crippen molar-refractivity contribution in [1.82, 2.24) is 15.0 Å². The molecule has 2 aliphatic rings. The number of anilines is 1. The van der Waals surface area contributed by atoms with Gasteiger partial charge in [0.05, 0.1) is 16.0 Å². The van der Waals surface area contributed by atoms with Crippen molar-refractivity contribution in [3.63, 3.8) is 0 Å². The van der Waals surface area contributed by atoms with Crippen molar-refractivity contribution in [2.75, 3.05) is 31.1 Å². The number of aromatic nitrogens is 2. The molecule has 0 atom stereocenters. The Kier molecular flexibility index (Phi) is 3.97. The zero-order chi connectivity index (χ0) is 18.3. The molecule has 1 amide bonds. The van der Waals surface area contributed by atoms with Gasteiger partial charge in [-0.2, -0.15) is 0 Å². The highest BCUT2D eigenvalue weighted by atomic mass is 32.1. The van der Waals surface area contributed by atoms with E-state index in [2.05, 4.69) is 15.0 Å². The number of hydrogen-bond acceptors (Lipinski definition) is 6. The number of hydrogen-bond donors (Lipinski definition) is 0. The number of carbonyl (C=O) groups is 1. The second-order valence-corrected chi connectivity index (χ2v) is 8.05. The van der Waals surface area contributed by atoms with E-state index in [1.54, 1.807) is 11.3 Å². The lowest BCUT2D eigenvalue weighted by Gasteiger charge is -2.36. The Morgan fingerprint density at radius 3 is 2.63 bits per heavy atom. The van der Waals surface area contributed by atoms with Crippen LogP contribution in [0.3, 0.4) is 0 Å². The van der Waals surface area contributed by atoms with Gasteiger partial charge in [-0.25, -0.2) is 4.98 Å². The Bertz CT molecular complexity index is 926. The molecule has 1 aliphatic carbocycles. The summed E-state index contributed by atoms with van der Waals surface area (Å²) in [6, 6.07) is 11.9. The molecule has 0 bridgehead atoms. The fraction of sp³-hybridized carbons (Fsp3) is 0.350. The Labute approximate surface area is 161 Å². The summed E-state index contributed by atoms with van der Waals surface area (Å²) in [5.74, 6) is 1.91. The van der Waals surface area contributed by atoms with Crippen LogP contribution < -0.4 is 4.90 Å². The molecule has 27 heavy (non-hydrogen) atoms. The standard InChI is InChI=1S/C20H20N4O2S/c25-19(24-11-9-23(10-12-24)18-5-1-2-8-21-18)20(6-7-20)17-14-15(26-22-17)16-4-3-13-27-16/h1-5,8,13-14H,6-7,9-12H2. The van der Waals surface area contributed by atoms with Crippen LogP contribution in [0.25, 0.3) is 10.6 Å². The van der Waals surface area contributed by atoms with E-state index in [1.807, 2.05) is 52.9 Å². The third-order valence-electron chi connectivity index (χ3n) is 5.46. The highest BCUT2D eigenvalue weighted by molar-refractivity contribution is 7.13. The molecule has 0 N–H and O–H groups in total. The number of piperazine rings is 1. The number of thiophene rings is 1. The SMILES string of the molecule is O=C(N1CCN(c2ccccn2)CC1)C1(c2cc(-c3cccs3)on2)CC1. The molecule has 1 saturated carbocycles. The molecule has 0 radical (unpaired) electrons. The molecular formula is C20H20N4O2S. The molecule has 0 unspecified atom stereocenters. The predicted octanol–water partition coefficient (Wildman–Crippen LogP) is 3.18. The van der Waals surface area contributed by atoms with Crippen LogP contribution in [0.5, 0.6) is 0 Å². The van der Waals surface area contributed by atoms with E-state index in [0.717, 1.165) is 48.1 Å². The third kappa shape index (κ3) is 2.92. The van der Waals surface area contributed by atoms with Gasteiger partial charge >= 0.3 is 0 Å². The predicted molar refractivity (Wildman–Crippen MR) is 104 cm³/mol. The third-order valence-corrected chi connectivity index (χ3v) is 6.35. The lowest BCUT2D eigenvalue weighted by Crippen LogP contribution is -2.51. The van der Waals surface area contributed by atoms with Crippen LogP contribution in [0.15, 0.2) is 52.5 Å². The van der Waals surface area contributed by atoms with Gasteiger partial charge in [0.1, 0.15) is 5.82 Å². The maximum Gasteiger partial charge on any atom is 0.235 e. The van der Waals surface area contributed by atoms with E-state index in [4.69, 9.17) is 4.52 Å². The van der Waals surface area contributed by atoms with Crippen LogP contribution in [-0.2, 0) is 10.2 Å². The van der Waals surface area contributed by atoms with Gasteiger partial charge in [0.2, 0.25) is 5.91 Å². The largest absolute Gasteiger partial charge is 0.355 e. The first-order valence-electron chi connectivity index (χ1n) is 9.23. The second kappa shape index (κ2) is 6.49. The highest BCUT2D eigenvalue weighted by Gasteiger charge is 2.55. The molecule has 3 aromatic rings. The molecule has 2 fully saturated rings. The molecular weight excluding hydrogens is 360 g/mol. The lowest BCUT2D eigenvalue weighted by atomic mass is 9.99. The smallest absolute Gasteiger partial charge is 0.235 e. The van der Waals surface area contributed by atoms with Crippen LogP contribution in [0.1, 0.15) is 18.5 Å². The van der Waals surface area contributed by atoms with Gasteiger partial charge in [-0.1, -0.05) is 17.3 Å². The zero-order valence-electron chi connectivity index (χ0n) is 14.9. The molecule has 0 spiro atoms. The quantitative estimate of drug-likeness (QED) is 0.696. The Morgan fingerprint density at radius 2 is 1.96 bits per heavy atom. The van der Waals surface area contributed by atoms with Gasteiger partial charge in [-0.05, 0) is 36.4 Å². The first-order valence-corrected chi connectivity index (χ1v) is 10.1. The van der Waals surface area contributed by atoms with E-state index >= 15 is 0 Å². The van der Waals surface area contributed by atoms with Gasteiger partial charge in [0.25, 0.3) is 0 Å². The lowest BCUT2D eigenvalue weighted by molar-refractivity contribution is -0.134. The van der Waals surface area contributed by atoms with Crippen LogP contribution in [0, 0.1) is 0 Å². The summed E-state index contributed by atoms with van der Waals surface area (Å²) in [4.78, 5) is 22.9. The minimum atomic E-state index is -0.480. The van der Waals surface area contributed by atoms with Crippen molar-refractivity contribution in [3.8, 4) is 10.6 Å². The first-order chi connectivity index (χ1) is 13.3. The van der Waals surface area contributed by atoms with Crippen molar-refractivity contribution < 1.29 is 9.32 Å². The highest BCUT2D eigenvalue weighted by Crippen LogP contribution is 2.50. The zero-order valence-corrected chi connectivity index (χ0v) is 15.7. The summed E-state index contributed by atoms with van der Waals surface area (Å²) >= 11 is 1.61. The monoisotopic (exact) mass is 380 g/mol. The fourth-order valence-electron chi connectivity index (χ4n) is 3.72. The molecule has 6 nitrogen and oxygen atoms in total. The van der Waals surface area contributed by atoms with Crippen molar-refractivity contribution in [3.05, 3.63) is 53.7 Å². The fourth-order valence-corrected chi connectivity index (χ4v) is 4.40. The second-order valence-electron chi connectivity index (χ2n) is 7.10. The minimum absolute atomic E-state index is 0.189. The topological polar surface area (TPSA) is 62.5 Å². The summed E-state index contributed by atoms with van der Waals surface area (Å²) in [5.41, 5.74) is 0.301. The van der Waals surface area contributed by atoms with Gasteiger partial charge in [-0.15, -0.1) is 11.3 Å². The van der Waals surface area contributed by atoms with Gasteiger partial charge < -0.3 is 14.3 Å². The number of carbonyl (C=O) groups excluding carboxylic acids is 1. The summed E-state index contributed by atoms with van der Waals surface area (Å²) in [5, 5.41) is 6.26. The molecule has 138 valence electrons. The molecule has 1 saturated heterocycles. The maximum atomic E-state index is 13.2. The summed E-state index contributed by atoms with van der Waals surface area (Å²) in [7, 11) is 0. The minimum Gasteiger partial charge on any atom is -0.355 e. The van der Waals surface area contributed by atoms with Crippen molar-refractivity contribution >= 4 is 23.1 Å². The molecule has 4 heterocycles. The van der Waals surface area contributed by atoms with E-state index in [1.165, 1.54) is 0 Å². The Morgan fingerprint density at radius 1 is 1.11 bits per heavy atom. The van der Waals surface area contributed by atoms with Crippen molar-refractivity contribution in [2.45, 2.75) is 18.3 Å². The van der Waals surface area contributed by atoms with E-state index in [9.17, 15) is 4.79 Å². The van der Waals surface area contributed by atoms with Crippen molar-refractivity contribution in [1.29, 1.82) is 0 Å². The van der Waals surface area contributed by atoms with Crippen LogP contribution in [0.4, 0.5) is 5.82 Å². The molecule has 1 aliphatic heterocycles. The van der Waals surface area contributed by atoms with Gasteiger partial charge in [0.15, 0.2) is 5.76 Å². The van der Waals surface area contributed by atoms with Crippen LogP contribution in [-0.4, -0.2) is 47.1 Å². The van der Waals surface area contributed by atoms with Gasteiger partial charge in [-0.3, -0.25) is 4.79 Å². The molecule has 5 rings (SSSR count). The normalized spacial score (nSPS) is 18.5. The van der Waals surface area contributed by atoms with E-state index < -0.39 is 5.41 Å². The number of nitrogens with zero attached hydrogens (tertiary/aromatic N) is 4. The first kappa shape index (κ1) is 16.5. The average Bonchev–Trinajstić information content (AvgIpc) is 3.12. The molecule has 3 aromatic heterocycles. The van der Waals surface area contributed by atoms with Crippen molar-refractivity contribution in [2.24, 2.45) is 0 Å². The molecule has 7 heteroatoms. The van der Waals surface area contributed by atoms with E-state index in [-0.39, 0.29) is 5.91 Å². The van der Waals surface area contributed by atoms with Crippen LogP contribution >= 0.6 is 11.3 Å². The summed E-state index contributed by atoms with van der Waals surface area (Å²) in [6.07, 6.45) is 3.51. The Balaban J connectivity index is 1.29. The van der Waals surface area contributed by atoms with Crippen LogP contribution in [0.2, 0.25) is 0 Å². The number of rotatable bonds is 4. The summed E-state index contributed by atoms with van der Waals surface area (Å²) < 4.78 is 5.52. The average molecular weight is 380 g/mol. The number of amides is 1. The maximum absolute atomic E-state index is 13.2. The molecule has 0 aromatic carbocycles. The summed E-state index contributed by atoms with van der Waals surface area (Å²) in [6.45, 7) is 3.04.